The van der Waals surface area contributed by atoms with Gasteiger partial charge in [0.25, 0.3) is 0 Å². The van der Waals surface area contributed by atoms with Gasteiger partial charge in [-0.3, -0.25) is 9.98 Å². The van der Waals surface area contributed by atoms with E-state index in [0.29, 0.717) is 28.1 Å². The molecule has 0 aliphatic heterocycles. The normalized spacial score (nSPS) is 11.1. The van der Waals surface area contributed by atoms with Crippen molar-refractivity contribution in [2.45, 2.75) is 13.5 Å². The summed E-state index contributed by atoms with van der Waals surface area (Å²) in [6, 6.07) is 20.9. The van der Waals surface area contributed by atoms with Crippen LogP contribution in [0.3, 0.4) is 0 Å². The third kappa shape index (κ3) is 3.91. The second kappa shape index (κ2) is 9.23. The molecule has 0 atom stereocenters. The third-order valence-corrected chi connectivity index (χ3v) is 6.36. The minimum atomic E-state index is 0.236. The molecule has 3 aromatic heterocycles. The van der Waals surface area contributed by atoms with Crippen molar-refractivity contribution in [3.05, 3.63) is 83.3 Å². The zero-order chi connectivity index (χ0) is 24.5. The van der Waals surface area contributed by atoms with E-state index in [1.54, 1.807) is 25.0 Å². The van der Waals surface area contributed by atoms with Gasteiger partial charge in [-0.15, -0.1) is 0 Å². The first-order valence-electron chi connectivity index (χ1n) is 11.1. The summed E-state index contributed by atoms with van der Waals surface area (Å²) in [5.41, 5.74) is 4.09. The van der Waals surface area contributed by atoms with E-state index in [4.69, 9.17) is 31.1 Å². The molecule has 0 radical (unpaired) electrons. The molecule has 2 aromatic carbocycles. The molecule has 1 N–H and O–H groups in total. The van der Waals surface area contributed by atoms with E-state index in [-0.39, 0.29) is 5.49 Å². The van der Waals surface area contributed by atoms with E-state index in [2.05, 4.69) is 0 Å². The third-order valence-electron chi connectivity index (χ3n) is 5.96. The van der Waals surface area contributed by atoms with Crippen molar-refractivity contribution >= 4 is 23.3 Å². The summed E-state index contributed by atoms with van der Waals surface area (Å²) in [6.07, 6.45) is 1.63. The van der Waals surface area contributed by atoms with Gasteiger partial charge in [0.1, 0.15) is 28.4 Å². The minimum absolute atomic E-state index is 0.236. The quantitative estimate of drug-likeness (QED) is 0.299. The van der Waals surface area contributed by atoms with E-state index >= 15 is 0 Å². The van der Waals surface area contributed by atoms with Gasteiger partial charge in [-0.2, -0.15) is 0 Å². The number of ether oxygens (including phenoxy) is 2. The van der Waals surface area contributed by atoms with Crippen LogP contribution in [0.25, 0.3) is 39.3 Å². The predicted molar refractivity (Wildman–Crippen MR) is 138 cm³/mol. The number of pyridine rings is 1. The van der Waals surface area contributed by atoms with Crippen molar-refractivity contribution in [1.29, 1.82) is 5.41 Å². The molecule has 0 amide bonds. The molecule has 0 aliphatic rings. The molecule has 0 fully saturated rings. The van der Waals surface area contributed by atoms with Crippen LogP contribution in [0.15, 0.2) is 77.4 Å². The Hall–Kier alpha value is -4.17. The van der Waals surface area contributed by atoms with Crippen molar-refractivity contribution in [2.24, 2.45) is 0 Å². The van der Waals surface area contributed by atoms with Gasteiger partial charge >= 0.3 is 0 Å². The van der Waals surface area contributed by atoms with Gasteiger partial charge in [0.05, 0.1) is 37.3 Å². The molecule has 0 saturated carbocycles. The number of nitrogens with one attached hydrogen (secondary N) is 1. The van der Waals surface area contributed by atoms with Crippen LogP contribution in [0.4, 0.5) is 0 Å². The lowest BCUT2D eigenvalue weighted by atomic mass is 10.0. The Morgan fingerprint density at radius 3 is 2.20 bits per heavy atom. The van der Waals surface area contributed by atoms with Crippen molar-refractivity contribution in [3.63, 3.8) is 0 Å². The average Bonchev–Trinajstić information content (AvgIpc) is 3.44. The van der Waals surface area contributed by atoms with Crippen LogP contribution < -0.4 is 15.0 Å². The van der Waals surface area contributed by atoms with Crippen LogP contribution in [-0.4, -0.2) is 28.3 Å². The molecule has 0 unspecified atom stereocenters. The molecule has 0 bridgehead atoms. The number of furan rings is 1. The molecule has 3 heterocycles. The largest absolute Gasteiger partial charge is 0.497 e. The van der Waals surface area contributed by atoms with Crippen molar-refractivity contribution in [1.82, 2.24) is 14.1 Å². The fourth-order valence-electron chi connectivity index (χ4n) is 4.17. The maximum absolute atomic E-state index is 9.21. The predicted octanol–water partition coefficient (Wildman–Crippen LogP) is 6.00. The highest BCUT2D eigenvalue weighted by molar-refractivity contribution is 7.71. The Morgan fingerprint density at radius 2 is 1.63 bits per heavy atom. The number of aromatic nitrogens is 3. The molecule has 0 saturated heterocycles. The SMILES string of the molecule is CCn1c(=S)n(-c2ccc(OC)cc2)c(=N)c2c(-c3ccco3)cc(-c3ccc(OC)cc3)nc21. The number of rotatable bonds is 6. The molecule has 5 rings (SSSR count). The monoisotopic (exact) mass is 484 g/mol. The van der Waals surface area contributed by atoms with Crippen molar-refractivity contribution in [2.75, 3.05) is 14.2 Å². The number of fused-ring (bicyclic) bond motifs is 1. The van der Waals surface area contributed by atoms with Gasteiger partial charge in [-0.25, -0.2) is 4.98 Å². The topological polar surface area (TPSA) is 78.2 Å². The summed E-state index contributed by atoms with van der Waals surface area (Å²) in [5.74, 6) is 2.16. The smallest absolute Gasteiger partial charge is 0.187 e. The van der Waals surface area contributed by atoms with Crippen LogP contribution in [-0.2, 0) is 6.54 Å². The second-order valence-electron chi connectivity index (χ2n) is 7.87. The van der Waals surface area contributed by atoms with Crippen LogP contribution in [0.1, 0.15) is 6.92 Å². The standard InChI is InChI=1S/C27H24N4O3S/c1-4-30-26-24(25(28)31(27(30)35)18-9-13-20(33-3)14-10-18)21(23-6-5-15-34-23)16-22(29-26)17-7-11-19(32-2)12-8-17/h5-16,28H,4H2,1-3H3. The maximum atomic E-state index is 9.21. The lowest BCUT2D eigenvalue weighted by molar-refractivity contribution is 0.414. The van der Waals surface area contributed by atoms with E-state index in [9.17, 15) is 5.41 Å². The summed E-state index contributed by atoms with van der Waals surface area (Å²) in [4.78, 5) is 4.99. The van der Waals surface area contributed by atoms with Gasteiger partial charge < -0.3 is 18.5 Å². The summed E-state index contributed by atoms with van der Waals surface area (Å²) in [5, 5.41) is 9.87. The molecule has 5 aromatic rings. The molecule has 35 heavy (non-hydrogen) atoms. The van der Waals surface area contributed by atoms with Crippen molar-refractivity contribution in [3.8, 4) is 39.8 Å². The van der Waals surface area contributed by atoms with Crippen LogP contribution >= 0.6 is 12.2 Å². The lowest BCUT2D eigenvalue weighted by Gasteiger charge is -2.18. The zero-order valence-electron chi connectivity index (χ0n) is 19.6. The molecule has 7 nitrogen and oxygen atoms in total. The first kappa shape index (κ1) is 22.6. The highest BCUT2D eigenvalue weighted by Crippen LogP contribution is 2.32. The number of hydrogen-bond acceptors (Lipinski definition) is 6. The Kier molecular flexibility index (Phi) is 5.96. The van der Waals surface area contributed by atoms with Crippen molar-refractivity contribution < 1.29 is 13.9 Å². The van der Waals surface area contributed by atoms with Gasteiger partial charge in [0.2, 0.25) is 0 Å². The molecule has 0 aliphatic carbocycles. The number of nitrogens with zero attached hydrogens (tertiary/aromatic N) is 3. The fraction of sp³-hybridized carbons (Fsp3) is 0.148. The van der Waals surface area contributed by atoms with E-state index < -0.39 is 0 Å². The first-order chi connectivity index (χ1) is 17.0. The molecule has 8 heteroatoms. The highest BCUT2D eigenvalue weighted by Gasteiger charge is 2.19. The Balaban J connectivity index is 1.86. The molecular formula is C27H24N4O3S. The maximum Gasteiger partial charge on any atom is 0.187 e. The van der Waals surface area contributed by atoms with E-state index in [0.717, 1.165) is 34.0 Å². The molecule has 176 valence electrons. The number of methoxy groups -OCH3 is 2. The van der Waals surface area contributed by atoms with Gasteiger partial charge in [0.15, 0.2) is 4.77 Å². The summed E-state index contributed by atoms with van der Waals surface area (Å²) in [7, 11) is 3.26. The lowest BCUT2D eigenvalue weighted by Crippen LogP contribution is -2.25. The van der Waals surface area contributed by atoms with E-state index in [1.165, 1.54) is 0 Å². The summed E-state index contributed by atoms with van der Waals surface area (Å²) in [6.45, 7) is 2.61. The first-order valence-corrected chi connectivity index (χ1v) is 11.5. The molecule has 0 spiro atoms. The van der Waals surface area contributed by atoms with Crippen LogP contribution in [0, 0.1) is 10.2 Å². The minimum Gasteiger partial charge on any atom is -0.497 e. The van der Waals surface area contributed by atoms with Crippen LogP contribution in [0.5, 0.6) is 11.5 Å². The Bertz CT molecular complexity index is 1620. The number of hydrogen-bond donors (Lipinski definition) is 1. The van der Waals surface area contributed by atoms with E-state index in [1.807, 2.05) is 78.2 Å². The number of benzene rings is 2. The Morgan fingerprint density at radius 1 is 0.971 bits per heavy atom. The Labute approximate surface area is 207 Å². The molecular weight excluding hydrogens is 460 g/mol. The van der Waals surface area contributed by atoms with Gasteiger partial charge in [-0.1, -0.05) is 0 Å². The highest BCUT2D eigenvalue weighted by atomic mass is 32.1. The van der Waals surface area contributed by atoms with Gasteiger partial charge in [-0.05, 0) is 85.9 Å². The number of aryl methyl sites for hydroxylation is 1. The van der Waals surface area contributed by atoms with Gasteiger partial charge in [0, 0.05) is 17.7 Å². The second-order valence-corrected chi connectivity index (χ2v) is 8.23. The zero-order valence-corrected chi connectivity index (χ0v) is 20.4. The summed E-state index contributed by atoms with van der Waals surface area (Å²) < 4.78 is 20.6. The summed E-state index contributed by atoms with van der Waals surface area (Å²) >= 11 is 5.88. The fourth-order valence-corrected chi connectivity index (χ4v) is 4.58. The van der Waals surface area contributed by atoms with Crippen LogP contribution in [0.2, 0.25) is 0 Å². The average molecular weight is 485 g/mol.